The second kappa shape index (κ2) is 5.96. The largest absolute Gasteiger partial charge is 0.416 e. The van der Waals surface area contributed by atoms with Gasteiger partial charge in [0.05, 0.1) is 5.56 Å². The molecule has 0 atom stereocenters. The molecular weight excluding hydrogens is 345 g/mol. The van der Waals surface area contributed by atoms with Crippen molar-refractivity contribution in [2.75, 3.05) is 11.1 Å². The Morgan fingerprint density at radius 2 is 2.12 bits per heavy atom. The quantitative estimate of drug-likeness (QED) is 0.749. The molecular formula is C14H9F3N4O2S. The smallest absolute Gasteiger partial charge is 0.367 e. The summed E-state index contributed by atoms with van der Waals surface area (Å²) in [6.45, 7) is 0. The number of carbonyl (C=O) groups is 1. The molecule has 0 unspecified atom stereocenters. The first-order valence-corrected chi connectivity index (χ1v) is 7.38. The molecule has 0 spiro atoms. The molecule has 1 amide bonds. The van der Waals surface area contributed by atoms with E-state index in [4.69, 9.17) is 10.3 Å². The molecule has 0 aliphatic rings. The van der Waals surface area contributed by atoms with Gasteiger partial charge in [-0.3, -0.25) is 4.79 Å². The first-order valence-electron chi connectivity index (χ1n) is 6.50. The molecule has 2 heterocycles. The van der Waals surface area contributed by atoms with Crippen LogP contribution in [-0.4, -0.2) is 16.0 Å². The van der Waals surface area contributed by atoms with Crippen molar-refractivity contribution >= 4 is 28.8 Å². The normalized spacial score (nSPS) is 11.5. The topological polar surface area (TPSA) is 94.0 Å². The number of thiazole rings is 1. The zero-order chi connectivity index (χ0) is 17.3. The number of halogens is 3. The molecule has 0 saturated heterocycles. The zero-order valence-corrected chi connectivity index (χ0v) is 12.6. The predicted molar refractivity (Wildman–Crippen MR) is 81.4 cm³/mol. The van der Waals surface area contributed by atoms with Crippen LogP contribution in [0.5, 0.6) is 0 Å². The molecule has 3 rings (SSSR count). The SMILES string of the molecule is Nc1onc(-c2nccs2)c1C(=O)Nc1cccc(C(F)(F)F)c1. The highest BCUT2D eigenvalue weighted by Gasteiger charge is 2.31. The van der Waals surface area contributed by atoms with E-state index in [1.165, 1.54) is 29.7 Å². The summed E-state index contributed by atoms with van der Waals surface area (Å²) in [7, 11) is 0. The standard InChI is InChI=1S/C14H9F3N4O2S/c15-14(16,17)7-2-1-3-8(6-7)20-12(22)9-10(21-23-11(9)18)13-19-4-5-24-13/h1-6H,18H2,(H,20,22). The molecule has 6 nitrogen and oxygen atoms in total. The number of hydrogen-bond acceptors (Lipinski definition) is 6. The number of rotatable bonds is 3. The van der Waals surface area contributed by atoms with E-state index in [0.29, 0.717) is 5.01 Å². The maximum atomic E-state index is 12.7. The van der Waals surface area contributed by atoms with Gasteiger partial charge < -0.3 is 15.6 Å². The Kier molecular flexibility index (Phi) is 3.97. The second-order valence-electron chi connectivity index (χ2n) is 4.64. The van der Waals surface area contributed by atoms with E-state index in [1.807, 2.05) is 0 Å². The number of alkyl halides is 3. The minimum atomic E-state index is -4.51. The molecule has 24 heavy (non-hydrogen) atoms. The van der Waals surface area contributed by atoms with E-state index in [2.05, 4.69) is 15.5 Å². The third kappa shape index (κ3) is 3.08. The molecule has 3 aromatic rings. The van der Waals surface area contributed by atoms with Crippen molar-refractivity contribution in [2.45, 2.75) is 6.18 Å². The average Bonchev–Trinajstić information content (AvgIpc) is 3.15. The van der Waals surface area contributed by atoms with Crippen LogP contribution in [0.4, 0.5) is 24.7 Å². The van der Waals surface area contributed by atoms with Gasteiger partial charge in [-0.15, -0.1) is 11.3 Å². The molecule has 3 N–H and O–H groups in total. The average molecular weight is 354 g/mol. The van der Waals surface area contributed by atoms with E-state index < -0.39 is 17.6 Å². The number of nitrogens with one attached hydrogen (secondary N) is 1. The van der Waals surface area contributed by atoms with E-state index in [1.54, 1.807) is 5.38 Å². The van der Waals surface area contributed by atoms with Gasteiger partial charge in [-0.2, -0.15) is 13.2 Å². The lowest BCUT2D eigenvalue weighted by molar-refractivity contribution is -0.137. The van der Waals surface area contributed by atoms with Gasteiger partial charge >= 0.3 is 6.18 Å². The van der Waals surface area contributed by atoms with Crippen LogP contribution in [0.2, 0.25) is 0 Å². The Bertz CT molecular complexity index is 875. The summed E-state index contributed by atoms with van der Waals surface area (Å²) in [5.41, 5.74) is 4.75. The molecule has 0 fully saturated rings. The fourth-order valence-corrected chi connectivity index (χ4v) is 2.60. The van der Waals surface area contributed by atoms with Gasteiger partial charge in [0.15, 0.2) is 5.69 Å². The number of nitrogens with zero attached hydrogens (tertiary/aromatic N) is 2. The van der Waals surface area contributed by atoms with Crippen molar-refractivity contribution in [1.29, 1.82) is 0 Å². The monoisotopic (exact) mass is 354 g/mol. The summed E-state index contributed by atoms with van der Waals surface area (Å²) >= 11 is 1.22. The van der Waals surface area contributed by atoms with Crippen molar-refractivity contribution in [1.82, 2.24) is 10.1 Å². The highest BCUT2D eigenvalue weighted by atomic mass is 32.1. The molecule has 0 aliphatic carbocycles. The summed E-state index contributed by atoms with van der Waals surface area (Å²) in [6, 6.07) is 4.26. The Hall–Kier alpha value is -2.88. The first kappa shape index (κ1) is 16.0. The van der Waals surface area contributed by atoms with Crippen LogP contribution in [-0.2, 0) is 6.18 Å². The summed E-state index contributed by atoms with van der Waals surface area (Å²) in [4.78, 5) is 16.4. The molecule has 0 radical (unpaired) electrons. The number of aromatic nitrogens is 2. The van der Waals surface area contributed by atoms with Gasteiger partial charge in [-0.1, -0.05) is 11.2 Å². The Balaban J connectivity index is 1.91. The zero-order valence-electron chi connectivity index (χ0n) is 11.8. The number of nitrogens with two attached hydrogens (primary N) is 1. The van der Waals surface area contributed by atoms with Crippen LogP contribution in [0.15, 0.2) is 40.4 Å². The van der Waals surface area contributed by atoms with Gasteiger partial charge in [-0.25, -0.2) is 4.98 Å². The van der Waals surface area contributed by atoms with Crippen LogP contribution in [0.3, 0.4) is 0 Å². The minimum absolute atomic E-state index is 0.0273. The van der Waals surface area contributed by atoms with Crippen molar-refractivity contribution in [3.8, 4) is 10.7 Å². The van der Waals surface area contributed by atoms with Crippen LogP contribution in [0, 0.1) is 0 Å². The van der Waals surface area contributed by atoms with E-state index in [9.17, 15) is 18.0 Å². The van der Waals surface area contributed by atoms with Gasteiger partial charge in [-0.05, 0) is 18.2 Å². The Morgan fingerprint density at radius 1 is 1.33 bits per heavy atom. The first-order chi connectivity index (χ1) is 11.4. The number of amides is 1. The van der Waals surface area contributed by atoms with Crippen LogP contribution in [0.1, 0.15) is 15.9 Å². The Labute approximate surface area is 137 Å². The van der Waals surface area contributed by atoms with E-state index >= 15 is 0 Å². The number of anilines is 2. The van der Waals surface area contributed by atoms with Crippen molar-refractivity contribution in [3.05, 3.63) is 47.0 Å². The molecule has 0 saturated carbocycles. The molecule has 2 aromatic heterocycles. The van der Waals surface area contributed by atoms with Gasteiger partial charge in [0.1, 0.15) is 10.6 Å². The number of carbonyl (C=O) groups excluding carboxylic acids is 1. The lowest BCUT2D eigenvalue weighted by Crippen LogP contribution is -2.15. The fourth-order valence-electron chi connectivity index (χ4n) is 1.98. The molecule has 0 bridgehead atoms. The van der Waals surface area contributed by atoms with Crippen LogP contribution in [0.25, 0.3) is 10.7 Å². The third-order valence-corrected chi connectivity index (χ3v) is 3.81. The van der Waals surface area contributed by atoms with E-state index in [0.717, 1.165) is 12.1 Å². The lowest BCUT2D eigenvalue weighted by atomic mass is 10.1. The third-order valence-electron chi connectivity index (χ3n) is 3.03. The number of hydrogen-bond donors (Lipinski definition) is 2. The summed E-state index contributed by atoms with van der Waals surface area (Å²) < 4.78 is 43.0. The summed E-state index contributed by atoms with van der Waals surface area (Å²) in [5, 5.41) is 8.13. The highest BCUT2D eigenvalue weighted by Crippen LogP contribution is 2.32. The fraction of sp³-hybridized carbons (Fsp3) is 0.0714. The van der Waals surface area contributed by atoms with Crippen LogP contribution >= 0.6 is 11.3 Å². The molecule has 1 aromatic carbocycles. The van der Waals surface area contributed by atoms with Gasteiger partial charge in [0.25, 0.3) is 5.91 Å². The number of benzene rings is 1. The minimum Gasteiger partial charge on any atom is -0.367 e. The van der Waals surface area contributed by atoms with Gasteiger partial charge in [0.2, 0.25) is 5.88 Å². The second-order valence-corrected chi connectivity index (χ2v) is 5.53. The number of nitrogen functional groups attached to an aromatic ring is 1. The maximum absolute atomic E-state index is 12.7. The van der Waals surface area contributed by atoms with Crippen molar-refractivity contribution in [3.63, 3.8) is 0 Å². The van der Waals surface area contributed by atoms with Crippen molar-refractivity contribution < 1.29 is 22.5 Å². The van der Waals surface area contributed by atoms with Crippen molar-refractivity contribution in [2.24, 2.45) is 0 Å². The van der Waals surface area contributed by atoms with Gasteiger partial charge in [0, 0.05) is 17.3 Å². The summed E-state index contributed by atoms with van der Waals surface area (Å²) in [5.74, 6) is -0.983. The molecule has 10 heteroatoms. The molecule has 0 aliphatic heterocycles. The molecule has 124 valence electrons. The Morgan fingerprint density at radius 3 is 2.79 bits per heavy atom. The lowest BCUT2D eigenvalue weighted by Gasteiger charge is -2.09. The maximum Gasteiger partial charge on any atom is 0.416 e. The summed E-state index contributed by atoms with van der Waals surface area (Å²) in [6.07, 6.45) is -3.00. The predicted octanol–water partition coefficient (Wildman–Crippen LogP) is 3.65. The highest BCUT2D eigenvalue weighted by molar-refractivity contribution is 7.13. The van der Waals surface area contributed by atoms with Crippen LogP contribution < -0.4 is 11.1 Å². The van der Waals surface area contributed by atoms with E-state index in [-0.39, 0.29) is 22.8 Å².